The van der Waals surface area contributed by atoms with Crippen molar-refractivity contribution in [3.05, 3.63) is 35.4 Å². The molecule has 0 saturated carbocycles. The Labute approximate surface area is 122 Å². The van der Waals surface area contributed by atoms with E-state index in [1.807, 2.05) is 0 Å². The minimum atomic E-state index is 0.304. The van der Waals surface area contributed by atoms with Crippen LogP contribution in [-0.4, -0.2) is 50.9 Å². The summed E-state index contributed by atoms with van der Waals surface area (Å²) < 4.78 is 11.0. The topological polar surface area (TPSA) is 33.7 Å². The molecule has 1 fully saturated rings. The van der Waals surface area contributed by atoms with Crippen LogP contribution in [0.5, 0.6) is 0 Å². The number of nitrogens with one attached hydrogen (secondary N) is 1. The van der Waals surface area contributed by atoms with Crippen LogP contribution >= 0.6 is 0 Å². The Bertz CT molecular complexity index is 398. The van der Waals surface area contributed by atoms with Crippen molar-refractivity contribution in [2.45, 2.75) is 26.2 Å². The van der Waals surface area contributed by atoms with Crippen molar-refractivity contribution in [1.29, 1.82) is 0 Å². The van der Waals surface area contributed by atoms with Gasteiger partial charge in [-0.05, 0) is 17.7 Å². The lowest BCUT2D eigenvalue weighted by Crippen LogP contribution is -2.46. The lowest BCUT2D eigenvalue weighted by molar-refractivity contribution is -0.0253. The lowest BCUT2D eigenvalue weighted by Gasteiger charge is -2.32. The Morgan fingerprint density at radius 1 is 1.35 bits per heavy atom. The summed E-state index contributed by atoms with van der Waals surface area (Å²) in [4.78, 5) is 2.44. The number of ether oxygens (including phenoxy) is 2. The zero-order chi connectivity index (χ0) is 14.2. The van der Waals surface area contributed by atoms with Crippen LogP contribution < -0.4 is 5.32 Å². The van der Waals surface area contributed by atoms with Crippen LogP contribution in [0, 0.1) is 0 Å². The van der Waals surface area contributed by atoms with Crippen LogP contribution in [0.25, 0.3) is 0 Å². The van der Waals surface area contributed by atoms with Crippen molar-refractivity contribution in [3.8, 4) is 0 Å². The number of likely N-dealkylation sites (N-methyl/N-ethyl adjacent to an activating group) is 1. The maximum absolute atomic E-state index is 5.80. The summed E-state index contributed by atoms with van der Waals surface area (Å²) in [6.07, 6.45) is 0.304. The summed E-state index contributed by atoms with van der Waals surface area (Å²) in [5.74, 6) is 0. The molecule has 0 radical (unpaired) electrons. The first kappa shape index (κ1) is 15.4. The summed E-state index contributed by atoms with van der Waals surface area (Å²) in [7, 11) is 1.74. The first-order chi connectivity index (χ1) is 9.83. The van der Waals surface area contributed by atoms with Crippen molar-refractivity contribution in [3.63, 3.8) is 0 Å². The van der Waals surface area contributed by atoms with E-state index < -0.39 is 0 Å². The minimum Gasteiger partial charge on any atom is -0.380 e. The normalized spacial score (nSPS) is 20.2. The molecule has 112 valence electrons. The van der Waals surface area contributed by atoms with Gasteiger partial charge in [0.05, 0.1) is 19.3 Å². The molecule has 1 N–H and O–H groups in total. The van der Waals surface area contributed by atoms with Gasteiger partial charge in [0.1, 0.15) is 0 Å². The highest BCUT2D eigenvalue weighted by Gasteiger charge is 2.18. The van der Waals surface area contributed by atoms with Crippen LogP contribution in [0.1, 0.15) is 18.1 Å². The molecule has 1 aliphatic rings. The van der Waals surface area contributed by atoms with Crippen LogP contribution in [-0.2, 0) is 22.6 Å². The fourth-order valence-corrected chi connectivity index (χ4v) is 2.59. The Hall–Kier alpha value is -0.940. The Kier molecular flexibility index (Phi) is 6.47. The Balaban J connectivity index is 1.78. The molecule has 4 heteroatoms. The first-order valence-corrected chi connectivity index (χ1v) is 7.44. The molecule has 0 amide bonds. The van der Waals surface area contributed by atoms with Gasteiger partial charge in [-0.15, -0.1) is 0 Å². The second-order valence-electron chi connectivity index (χ2n) is 5.22. The van der Waals surface area contributed by atoms with Gasteiger partial charge in [0.15, 0.2) is 0 Å². The second-order valence-corrected chi connectivity index (χ2v) is 5.22. The highest BCUT2D eigenvalue weighted by Crippen LogP contribution is 2.10. The average molecular weight is 278 g/mol. The molecule has 1 aliphatic heterocycles. The van der Waals surface area contributed by atoms with Crippen LogP contribution in [0.15, 0.2) is 24.3 Å². The maximum atomic E-state index is 5.80. The molecule has 1 heterocycles. The molecule has 0 aromatic heterocycles. The van der Waals surface area contributed by atoms with Gasteiger partial charge in [-0.2, -0.15) is 0 Å². The van der Waals surface area contributed by atoms with Gasteiger partial charge in [0.25, 0.3) is 0 Å². The molecule has 0 spiro atoms. The van der Waals surface area contributed by atoms with Crippen LogP contribution in [0.3, 0.4) is 0 Å². The summed E-state index contributed by atoms with van der Waals surface area (Å²) in [5, 5.41) is 3.51. The van der Waals surface area contributed by atoms with E-state index in [0.717, 1.165) is 39.3 Å². The van der Waals surface area contributed by atoms with E-state index in [4.69, 9.17) is 9.47 Å². The predicted molar refractivity (Wildman–Crippen MR) is 80.7 cm³/mol. The zero-order valence-corrected chi connectivity index (χ0v) is 12.6. The van der Waals surface area contributed by atoms with Gasteiger partial charge in [0.2, 0.25) is 0 Å². The number of hydrogen-bond acceptors (Lipinski definition) is 4. The second kappa shape index (κ2) is 8.37. The standard InChI is InChI=1S/C16H26N2O2/c1-3-18-8-9-20-16(12-18)11-17-10-14-6-4-5-7-15(14)13-19-2/h4-7,16-17H,3,8-13H2,1-2H3. The Morgan fingerprint density at radius 2 is 2.15 bits per heavy atom. The van der Waals surface area contributed by atoms with Gasteiger partial charge < -0.3 is 14.8 Å². The lowest BCUT2D eigenvalue weighted by atomic mass is 10.1. The minimum absolute atomic E-state index is 0.304. The fourth-order valence-electron chi connectivity index (χ4n) is 2.59. The molecule has 20 heavy (non-hydrogen) atoms. The summed E-state index contributed by atoms with van der Waals surface area (Å²) >= 11 is 0. The van der Waals surface area contributed by atoms with E-state index in [1.165, 1.54) is 11.1 Å². The molecule has 0 aliphatic carbocycles. The molecule has 1 saturated heterocycles. The van der Waals surface area contributed by atoms with E-state index in [-0.39, 0.29) is 0 Å². The molecular weight excluding hydrogens is 252 g/mol. The number of morpholine rings is 1. The summed E-state index contributed by atoms with van der Waals surface area (Å²) in [5.41, 5.74) is 2.56. The van der Waals surface area contributed by atoms with E-state index in [9.17, 15) is 0 Å². The van der Waals surface area contributed by atoms with Crippen molar-refractivity contribution < 1.29 is 9.47 Å². The monoisotopic (exact) mass is 278 g/mol. The molecule has 1 aromatic rings. The van der Waals surface area contributed by atoms with Gasteiger partial charge in [-0.1, -0.05) is 31.2 Å². The third-order valence-electron chi connectivity index (χ3n) is 3.78. The molecule has 1 unspecified atom stereocenters. The average Bonchev–Trinajstić information content (AvgIpc) is 2.49. The van der Waals surface area contributed by atoms with E-state index in [2.05, 4.69) is 41.4 Å². The number of benzene rings is 1. The SMILES string of the molecule is CCN1CCOC(CNCc2ccccc2COC)C1. The number of nitrogens with zero attached hydrogens (tertiary/aromatic N) is 1. The van der Waals surface area contributed by atoms with Crippen molar-refractivity contribution in [2.75, 3.05) is 39.9 Å². The van der Waals surface area contributed by atoms with Gasteiger partial charge in [-0.3, -0.25) is 4.90 Å². The molecule has 1 atom stereocenters. The third-order valence-corrected chi connectivity index (χ3v) is 3.78. The van der Waals surface area contributed by atoms with E-state index in [0.29, 0.717) is 12.7 Å². The number of methoxy groups -OCH3 is 1. The van der Waals surface area contributed by atoms with Gasteiger partial charge in [0, 0.05) is 33.3 Å². The Morgan fingerprint density at radius 3 is 2.90 bits per heavy atom. The third kappa shape index (κ3) is 4.56. The molecule has 2 rings (SSSR count). The van der Waals surface area contributed by atoms with Crippen molar-refractivity contribution in [1.82, 2.24) is 10.2 Å². The number of hydrogen-bond donors (Lipinski definition) is 1. The molecule has 1 aromatic carbocycles. The van der Waals surface area contributed by atoms with Crippen molar-refractivity contribution >= 4 is 0 Å². The maximum Gasteiger partial charge on any atom is 0.0826 e. The van der Waals surface area contributed by atoms with E-state index >= 15 is 0 Å². The van der Waals surface area contributed by atoms with E-state index in [1.54, 1.807) is 7.11 Å². The highest BCUT2D eigenvalue weighted by molar-refractivity contribution is 5.26. The molecule has 0 bridgehead atoms. The first-order valence-electron chi connectivity index (χ1n) is 7.44. The van der Waals surface area contributed by atoms with Crippen LogP contribution in [0.4, 0.5) is 0 Å². The van der Waals surface area contributed by atoms with Crippen molar-refractivity contribution in [2.24, 2.45) is 0 Å². The zero-order valence-electron chi connectivity index (χ0n) is 12.6. The van der Waals surface area contributed by atoms with Crippen LogP contribution in [0.2, 0.25) is 0 Å². The number of rotatable bonds is 7. The summed E-state index contributed by atoms with van der Waals surface area (Å²) in [6.45, 7) is 8.69. The highest BCUT2D eigenvalue weighted by atomic mass is 16.5. The summed E-state index contributed by atoms with van der Waals surface area (Å²) in [6, 6.07) is 8.41. The van der Waals surface area contributed by atoms with Gasteiger partial charge in [-0.25, -0.2) is 0 Å². The molecule has 4 nitrogen and oxygen atoms in total. The smallest absolute Gasteiger partial charge is 0.0826 e. The molecular formula is C16H26N2O2. The predicted octanol–water partition coefficient (Wildman–Crippen LogP) is 1.64. The largest absolute Gasteiger partial charge is 0.380 e. The fraction of sp³-hybridized carbons (Fsp3) is 0.625. The van der Waals surface area contributed by atoms with Gasteiger partial charge >= 0.3 is 0 Å². The quantitative estimate of drug-likeness (QED) is 0.822.